The van der Waals surface area contributed by atoms with Crippen molar-refractivity contribution in [3.8, 4) is 46.0 Å². The fourth-order valence-electron chi connectivity index (χ4n) is 10.2. The minimum Gasteiger partial charge on any atom is -0.493 e. The first-order valence-electron chi connectivity index (χ1n) is 24.0. The van der Waals surface area contributed by atoms with E-state index in [-0.39, 0.29) is 70.3 Å². The molecule has 0 aromatic heterocycles. The van der Waals surface area contributed by atoms with Crippen LogP contribution in [0, 0.1) is 11.8 Å². The van der Waals surface area contributed by atoms with E-state index in [0.29, 0.717) is 0 Å². The van der Waals surface area contributed by atoms with Gasteiger partial charge in [0.2, 0.25) is 36.7 Å². The molecule has 6 saturated heterocycles. The second-order valence-corrected chi connectivity index (χ2v) is 18.8. The highest BCUT2D eigenvalue weighted by Gasteiger charge is 2.55. The molecule has 6 aliphatic rings. The van der Waals surface area contributed by atoms with Crippen molar-refractivity contribution >= 4 is 0 Å². The highest BCUT2D eigenvalue weighted by molar-refractivity contribution is 5.65. The predicted octanol–water partition coefficient (Wildman–Crippen LogP) is -7.49. The van der Waals surface area contributed by atoms with E-state index in [1.807, 2.05) is 0 Å². The molecule has 24 atom stereocenters. The maximum absolute atomic E-state index is 11.1. The van der Waals surface area contributed by atoms with Crippen molar-refractivity contribution in [2.45, 2.75) is 135 Å². The smallest absolute Gasteiger partial charge is 0.229 e. The zero-order valence-corrected chi connectivity index (χ0v) is 41.1. The molecule has 2 aromatic rings. The molecule has 0 radical (unpaired) electrons. The number of aliphatic hydroxyl groups is 16. The van der Waals surface area contributed by atoms with Crippen LogP contribution in [-0.4, -0.2) is 273 Å². The van der Waals surface area contributed by atoms with Gasteiger partial charge >= 0.3 is 0 Å². The lowest BCUT2D eigenvalue weighted by Gasteiger charge is -2.40. The van der Waals surface area contributed by atoms with E-state index in [9.17, 15) is 81.7 Å². The van der Waals surface area contributed by atoms with Gasteiger partial charge in [0.05, 0.1) is 91.4 Å². The number of hydrogen-bond acceptors (Lipinski definition) is 30. The van der Waals surface area contributed by atoms with Gasteiger partial charge in [-0.05, 0) is 0 Å². The van der Waals surface area contributed by atoms with E-state index in [1.54, 1.807) is 0 Å². The number of fused-ring (bicyclic) bond motifs is 1. The summed E-state index contributed by atoms with van der Waals surface area (Å²) in [6.07, 6.45) is -37.9. The van der Waals surface area contributed by atoms with Crippen LogP contribution in [0.5, 0.6) is 46.0 Å². The average molecular weight is 1100 g/mol. The van der Waals surface area contributed by atoms with E-state index in [1.165, 1.54) is 40.6 Å². The van der Waals surface area contributed by atoms with E-state index in [0.717, 1.165) is 0 Å². The van der Waals surface area contributed by atoms with Gasteiger partial charge < -0.3 is 148 Å². The average Bonchev–Trinajstić information content (AvgIpc) is 4.04. The molecule has 6 aliphatic heterocycles. The molecule has 76 heavy (non-hydrogen) atoms. The lowest BCUT2D eigenvalue weighted by Crippen LogP contribution is -2.60. The quantitative estimate of drug-likeness (QED) is 0.0659. The number of aliphatic hydroxyl groups excluding tert-OH is 16. The van der Waals surface area contributed by atoms with E-state index >= 15 is 0 Å². The molecular weight excluding hydrogens is 1030 g/mol. The molecule has 0 saturated carbocycles. The van der Waals surface area contributed by atoms with Crippen LogP contribution in [0.1, 0.15) is 23.3 Å². The second kappa shape index (κ2) is 24.1. The van der Waals surface area contributed by atoms with Gasteiger partial charge in [0.1, 0.15) is 109 Å². The van der Waals surface area contributed by atoms with Gasteiger partial charge in [-0.15, -0.1) is 0 Å². The highest BCUT2D eigenvalue weighted by atomic mass is 16.7. The Hall–Kier alpha value is -4.04. The standard InChI is InChI=1S/C46H66O30/c1-63-17-5-15(69-43-33(59)29(55)25(51)19(7-47)71-43)23(41(65-3)39(17)75-45-35(61)31(57)27(53)21(9-49)73-45)37-13-11-68-38(14(13)12-67-37)24-16(70-44-34(60)30(56)26(52)20(8-48)72-44)6-18(64-2)40(42(24)66-4)76-46-36(62)32(58)28(54)22(10-50)74-46/h5-6,13-14,19-22,25-38,43-62H,7-12H2,1-4H3/t13?,14?,19-,20-,21-,22-,25-,26-,27-,28-,29+,30+,31+,32+,33-,34-,35-,36-,37?,38?,43-,44-,45+,46+/m1/s1. The minimum absolute atomic E-state index is 0.0530. The maximum atomic E-state index is 11.1. The molecule has 0 bridgehead atoms. The fourth-order valence-corrected chi connectivity index (χ4v) is 10.2. The molecule has 30 nitrogen and oxygen atoms in total. The van der Waals surface area contributed by atoms with E-state index in [4.69, 9.17) is 66.3 Å². The summed E-state index contributed by atoms with van der Waals surface area (Å²) in [5, 5.41) is 169. The Bertz CT molecular complexity index is 2100. The van der Waals surface area contributed by atoms with Crippen molar-refractivity contribution in [1.82, 2.24) is 0 Å². The summed E-state index contributed by atoms with van der Waals surface area (Å²) in [4.78, 5) is 0. The van der Waals surface area contributed by atoms with Gasteiger partial charge in [-0.3, -0.25) is 0 Å². The highest BCUT2D eigenvalue weighted by Crippen LogP contribution is 2.61. The first-order valence-corrected chi connectivity index (χ1v) is 24.0. The lowest BCUT2D eigenvalue weighted by atomic mass is 9.83. The summed E-state index contributed by atoms with van der Waals surface area (Å²) in [6.45, 7) is -3.73. The number of hydrogen-bond donors (Lipinski definition) is 16. The van der Waals surface area contributed by atoms with Crippen LogP contribution in [0.15, 0.2) is 12.1 Å². The van der Waals surface area contributed by atoms with Crippen molar-refractivity contribution in [3.63, 3.8) is 0 Å². The molecule has 0 aliphatic carbocycles. The van der Waals surface area contributed by atoms with Crippen LogP contribution in [0.4, 0.5) is 0 Å². The van der Waals surface area contributed by atoms with Crippen LogP contribution in [-0.2, 0) is 28.4 Å². The third-order valence-electron chi connectivity index (χ3n) is 14.4. The Balaban J connectivity index is 1.24. The maximum Gasteiger partial charge on any atom is 0.229 e. The first kappa shape index (κ1) is 58.1. The minimum atomic E-state index is -1.95. The second-order valence-electron chi connectivity index (χ2n) is 18.8. The Kier molecular flexibility index (Phi) is 18.5. The summed E-state index contributed by atoms with van der Waals surface area (Å²) >= 11 is 0. The zero-order valence-electron chi connectivity index (χ0n) is 41.1. The van der Waals surface area contributed by atoms with Crippen molar-refractivity contribution in [2.24, 2.45) is 11.8 Å². The fraction of sp³-hybridized carbons (Fsp3) is 0.739. The number of methoxy groups -OCH3 is 4. The van der Waals surface area contributed by atoms with Crippen molar-refractivity contribution in [2.75, 3.05) is 68.1 Å². The van der Waals surface area contributed by atoms with Crippen molar-refractivity contribution < 1.29 is 148 Å². The largest absolute Gasteiger partial charge is 0.493 e. The van der Waals surface area contributed by atoms with Gasteiger partial charge in [-0.2, -0.15) is 0 Å². The summed E-state index contributed by atoms with van der Waals surface area (Å²) in [6, 6.07) is 2.43. The monoisotopic (exact) mass is 1100 g/mol. The van der Waals surface area contributed by atoms with Gasteiger partial charge in [-0.25, -0.2) is 0 Å². The molecule has 16 N–H and O–H groups in total. The van der Waals surface area contributed by atoms with Crippen molar-refractivity contribution in [1.29, 1.82) is 0 Å². The third-order valence-corrected chi connectivity index (χ3v) is 14.4. The molecule has 4 unspecified atom stereocenters. The number of ether oxygens (including phenoxy) is 14. The van der Waals surface area contributed by atoms with Gasteiger partial charge in [0.15, 0.2) is 23.0 Å². The Morgan fingerprint density at radius 1 is 0.355 bits per heavy atom. The van der Waals surface area contributed by atoms with Crippen LogP contribution >= 0.6 is 0 Å². The van der Waals surface area contributed by atoms with Gasteiger partial charge in [0, 0.05) is 24.0 Å². The summed E-state index contributed by atoms with van der Waals surface area (Å²) in [5.41, 5.74) is -0.106. The topological polar surface area (TPSA) is 453 Å². The Labute approximate surface area is 431 Å². The van der Waals surface area contributed by atoms with Crippen LogP contribution in [0.25, 0.3) is 0 Å². The summed E-state index contributed by atoms with van der Waals surface area (Å²) < 4.78 is 83.8. The van der Waals surface area contributed by atoms with E-state index < -0.39 is 173 Å². The summed E-state index contributed by atoms with van der Waals surface area (Å²) in [7, 11) is 4.78. The molecule has 0 amide bonds. The number of benzene rings is 2. The normalized spacial score (nSPS) is 41.5. The molecule has 6 heterocycles. The van der Waals surface area contributed by atoms with E-state index in [2.05, 4.69) is 0 Å². The first-order chi connectivity index (χ1) is 36.3. The number of rotatable bonds is 18. The van der Waals surface area contributed by atoms with Crippen molar-refractivity contribution in [3.05, 3.63) is 23.3 Å². The van der Waals surface area contributed by atoms with Gasteiger partial charge in [-0.1, -0.05) is 0 Å². The van der Waals surface area contributed by atoms with Gasteiger partial charge in [0.25, 0.3) is 0 Å². The lowest BCUT2D eigenvalue weighted by molar-refractivity contribution is -0.278. The molecule has 2 aromatic carbocycles. The SMILES string of the molecule is COc1cc(O[C@@H]2O[C@H](CO)[C@@H](O)[C@H](O)[C@H]2O)c(C2OCC3C(c4c(O[C@@H]5O[C@H](CO)[C@@H](O)[C@H](O)[C@H]5O)cc(OC)c(O[C@@H]5O[C@H](CO)[C@@H](O)[C@H](O)[C@H]5O)c4OC)OCC23)c(OC)c1O[C@@H]1O[C@H](CO)[C@@H](O)[C@H](O)[C@H]1O. The van der Waals surface area contributed by atoms with Crippen LogP contribution < -0.4 is 37.9 Å². The molecule has 30 heteroatoms. The zero-order chi connectivity index (χ0) is 55.2. The predicted molar refractivity (Wildman–Crippen MR) is 241 cm³/mol. The molecule has 0 spiro atoms. The third kappa shape index (κ3) is 10.5. The van der Waals surface area contributed by atoms with Crippen LogP contribution in [0.3, 0.4) is 0 Å². The van der Waals surface area contributed by atoms with Crippen LogP contribution in [0.2, 0.25) is 0 Å². The Morgan fingerprint density at radius 2 is 0.632 bits per heavy atom. The molecule has 6 fully saturated rings. The Morgan fingerprint density at radius 3 is 0.882 bits per heavy atom. The molecular formula is C46H66O30. The molecule has 430 valence electrons. The summed E-state index contributed by atoms with van der Waals surface area (Å²) in [5.74, 6) is -3.83. The molecule has 8 rings (SSSR count).